The number of aliphatic hydroxyl groups is 1. The van der Waals surface area contributed by atoms with Crippen molar-refractivity contribution in [3.8, 4) is 11.5 Å². The van der Waals surface area contributed by atoms with Gasteiger partial charge in [0, 0.05) is 25.1 Å². The lowest BCUT2D eigenvalue weighted by molar-refractivity contribution is -0.140. The third kappa shape index (κ3) is 3.86. The van der Waals surface area contributed by atoms with Crippen molar-refractivity contribution >= 4 is 17.4 Å². The van der Waals surface area contributed by atoms with E-state index in [4.69, 9.17) is 14.2 Å². The molecule has 7 heteroatoms. The molecule has 3 atom stereocenters. The van der Waals surface area contributed by atoms with Gasteiger partial charge in [-0.15, -0.1) is 0 Å². The van der Waals surface area contributed by atoms with Gasteiger partial charge in [-0.05, 0) is 61.2 Å². The average Bonchev–Trinajstić information content (AvgIpc) is 3.52. The molecular weight excluding hydrogens is 422 g/mol. The van der Waals surface area contributed by atoms with Crippen LogP contribution in [-0.2, 0) is 20.7 Å². The van der Waals surface area contributed by atoms with Crippen LogP contribution in [0.4, 0.5) is 0 Å². The number of carbonyl (C=O) groups is 2. The highest BCUT2D eigenvalue weighted by molar-refractivity contribution is 6.46. The highest BCUT2D eigenvalue weighted by Crippen LogP contribution is 2.41. The van der Waals surface area contributed by atoms with E-state index in [1.165, 1.54) is 4.90 Å². The van der Waals surface area contributed by atoms with E-state index in [1.54, 1.807) is 31.4 Å². The van der Waals surface area contributed by atoms with Gasteiger partial charge in [-0.2, -0.15) is 0 Å². The highest BCUT2D eigenvalue weighted by atomic mass is 16.5. The summed E-state index contributed by atoms with van der Waals surface area (Å²) in [6.07, 6.45) is 2.41. The maximum absolute atomic E-state index is 13.2. The first-order valence-corrected chi connectivity index (χ1v) is 11.3. The Morgan fingerprint density at radius 1 is 1.21 bits per heavy atom. The Morgan fingerprint density at radius 3 is 2.82 bits per heavy atom. The van der Waals surface area contributed by atoms with E-state index in [-0.39, 0.29) is 23.5 Å². The number of aliphatic hydroxyl groups excluding tert-OH is 1. The quantitative estimate of drug-likeness (QED) is 0.426. The van der Waals surface area contributed by atoms with Gasteiger partial charge in [0.25, 0.3) is 11.7 Å². The number of likely N-dealkylation sites (tertiary alicyclic amines) is 1. The SMILES string of the molecule is COc1cccc([C@@H]2C(=C(O)c3ccc4c(c3)C[C@H](C)O4)C(=O)C(=O)N2C[C@H]2CCCO2)c1. The van der Waals surface area contributed by atoms with Crippen LogP contribution < -0.4 is 9.47 Å². The minimum atomic E-state index is -0.729. The van der Waals surface area contributed by atoms with Crippen molar-refractivity contribution in [3.05, 3.63) is 64.7 Å². The van der Waals surface area contributed by atoms with Crippen LogP contribution in [0.25, 0.3) is 5.76 Å². The van der Waals surface area contributed by atoms with E-state index in [9.17, 15) is 14.7 Å². The van der Waals surface area contributed by atoms with E-state index in [2.05, 4.69) is 0 Å². The Balaban J connectivity index is 1.61. The zero-order chi connectivity index (χ0) is 23.1. The van der Waals surface area contributed by atoms with Gasteiger partial charge in [0.1, 0.15) is 23.4 Å². The largest absolute Gasteiger partial charge is 0.507 e. The smallest absolute Gasteiger partial charge is 0.295 e. The molecule has 7 nitrogen and oxygen atoms in total. The van der Waals surface area contributed by atoms with Gasteiger partial charge in [-0.25, -0.2) is 0 Å². The fourth-order valence-corrected chi connectivity index (χ4v) is 4.96. The molecule has 172 valence electrons. The number of rotatable bonds is 5. The number of Topliss-reactive ketones (excluding diaryl/α,β-unsaturated/α-hetero) is 1. The van der Waals surface area contributed by atoms with Gasteiger partial charge < -0.3 is 24.2 Å². The van der Waals surface area contributed by atoms with Crippen LogP contribution in [-0.4, -0.2) is 54.2 Å². The minimum Gasteiger partial charge on any atom is -0.507 e. The summed E-state index contributed by atoms with van der Waals surface area (Å²) in [5, 5.41) is 11.3. The Morgan fingerprint density at radius 2 is 2.06 bits per heavy atom. The first-order valence-electron chi connectivity index (χ1n) is 11.3. The number of nitrogens with zero attached hydrogens (tertiary/aromatic N) is 1. The zero-order valence-electron chi connectivity index (χ0n) is 18.7. The Bertz CT molecular complexity index is 1130. The first-order chi connectivity index (χ1) is 16.0. The Hall–Kier alpha value is -3.32. The summed E-state index contributed by atoms with van der Waals surface area (Å²) in [6.45, 7) is 2.92. The number of amides is 1. The maximum Gasteiger partial charge on any atom is 0.295 e. The molecule has 0 aliphatic carbocycles. The van der Waals surface area contributed by atoms with Crippen LogP contribution in [0, 0.1) is 0 Å². The van der Waals surface area contributed by atoms with Gasteiger partial charge in [0.2, 0.25) is 0 Å². The molecule has 33 heavy (non-hydrogen) atoms. The lowest BCUT2D eigenvalue weighted by Gasteiger charge is -2.27. The van der Waals surface area contributed by atoms with Crippen LogP contribution in [0.3, 0.4) is 0 Å². The summed E-state index contributed by atoms with van der Waals surface area (Å²) in [5.74, 6) is -0.110. The number of methoxy groups -OCH3 is 1. The number of hydrogen-bond donors (Lipinski definition) is 1. The van der Waals surface area contributed by atoms with Gasteiger partial charge in [0.05, 0.1) is 24.8 Å². The molecule has 3 heterocycles. The van der Waals surface area contributed by atoms with Crippen molar-refractivity contribution < 1.29 is 28.9 Å². The lowest BCUT2D eigenvalue weighted by atomic mass is 9.94. The van der Waals surface area contributed by atoms with E-state index >= 15 is 0 Å². The van der Waals surface area contributed by atoms with Crippen molar-refractivity contribution in [2.24, 2.45) is 0 Å². The predicted octanol–water partition coefficient (Wildman–Crippen LogP) is 3.62. The zero-order valence-corrected chi connectivity index (χ0v) is 18.7. The van der Waals surface area contributed by atoms with Crippen LogP contribution in [0.15, 0.2) is 48.0 Å². The molecule has 3 aliphatic rings. The number of ether oxygens (including phenoxy) is 3. The van der Waals surface area contributed by atoms with Crippen molar-refractivity contribution in [2.75, 3.05) is 20.3 Å². The number of hydrogen-bond acceptors (Lipinski definition) is 6. The normalized spacial score (nSPS) is 25.9. The number of fused-ring (bicyclic) bond motifs is 1. The summed E-state index contributed by atoms with van der Waals surface area (Å²) in [4.78, 5) is 27.9. The van der Waals surface area contributed by atoms with E-state index < -0.39 is 17.7 Å². The van der Waals surface area contributed by atoms with Crippen LogP contribution in [0.2, 0.25) is 0 Å². The van der Waals surface area contributed by atoms with Crippen molar-refractivity contribution in [2.45, 2.75) is 44.4 Å². The summed E-state index contributed by atoms with van der Waals surface area (Å²) >= 11 is 0. The Labute approximate surface area is 192 Å². The third-order valence-corrected chi connectivity index (χ3v) is 6.54. The summed E-state index contributed by atoms with van der Waals surface area (Å²) < 4.78 is 16.9. The maximum atomic E-state index is 13.2. The lowest BCUT2D eigenvalue weighted by Crippen LogP contribution is -2.36. The summed E-state index contributed by atoms with van der Waals surface area (Å²) in [6, 6.07) is 11.9. The molecule has 2 aromatic carbocycles. The number of benzene rings is 2. The molecule has 0 aromatic heterocycles. The predicted molar refractivity (Wildman–Crippen MR) is 121 cm³/mol. The molecule has 3 aliphatic heterocycles. The molecule has 0 radical (unpaired) electrons. The molecule has 0 bridgehead atoms. The van der Waals surface area contributed by atoms with E-state index in [0.29, 0.717) is 30.0 Å². The summed E-state index contributed by atoms with van der Waals surface area (Å²) in [5.41, 5.74) is 2.25. The molecule has 0 spiro atoms. The van der Waals surface area contributed by atoms with Crippen LogP contribution in [0.1, 0.15) is 42.5 Å². The second kappa shape index (κ2) is 8.56. The van der Waals surface area contributed by atoms with Crippen LogP contribution >= 0.6 is 0 Å². The van der Waals surface area contributed by atoms with E-state index in [1.807, 2.05) is 25.1 Å². The minimum absolute atomic E-state index is 0.0613. The van der Waals surface area contributed by atoms with Crippen LogP contribution in [0.5, 0.6) is 11.5 Å². The Kier molecular flexibility index (Phi) is 5.58. The molecule has 5 rings (SSSR count). The number of carbonyl (C=O) groups excluding carboxylic acids is 2. The number of ketones is 1. The standard InChI is InChI=1S/C26H27NO6/c1-15-11-18-12-17(8-9-21(18)33-15)24(28)22-23(16-5-3-6-19(13-16)31-2)27(26(30)25(22)29)14-20-7-4-10-32-20/h3,5-6,8-9,12-13,15,20,23,28H,4,7,10-11,14H2,1-2H3/t15-,20+,23+/m0/s1. The second-order valence-corrected chi connectivity index (χ2v) is 8.82. The topological polar surface area (TPSA) is 85.3 Å². The molecule has 2 saturated heterocycles. The van der Waals surface area contributed by atoms with Gasteiger partial charge in [-0.3, -0.25) is 9.59 Å². The third-order valence-electron chi connectivity index (χ3n) is 6.54. The fourth-order valence-electron chi connectivity index (χ4n) is 4.96. The summed E-state index contributed by atoms with van der Waals surface area (Å²) in [7, 11) is 1.57. The fraction of sp³-hybridized carbons (Fsp3) is 0.385. The van der Waals surface area contributed by atoms with Gasteiger partial charge >= 0.3 is 0 Å². The van der Waals surface area contributed by atoms with Crippen molar-refractivity contribution in [3.63, 3.8) is 0 Å². The van der Waals surface area contributed by atoms with Gasteiger partial charge in [0.15, 0.2) is 0 Å². The van der Waals surface area contributed by atoms with Crippen molar-refractivity contribution in [1.29, 1.82) is 0 Å². The second-order valence-electron chi connectivity index (χ2n) is 8.82. The average molecular weight is 450 g/mol. The highest BCUT2D eigenvalue weighted by Gasteiger charge is 2.47. The molecule has 1 amide bonds. The molecule has 0 unspecified atom stereocenters. The monoisotopic (exact) mass is 449 g/mol. The molecule has 0 saturated carbocycles. The molecule has 2 aromatic rings. The van der Waals surface area contributed by atoms with Crippen molar-refractivity contribution in [1.82, 2.24) is 4.90 Å². The van der Waals surface area contributed by atoms with E-state index in [0.717, 1.165) is 30.6 Å². The molecule has 2 fully saturated rings. The molecular formula is C26H27NO6. The molecule has 1 N–H and O–H groups in total. The van der Waals surface area contributed by atoms with Gasteiger partial charge in [-0.1, -0.05) is 12.1 Å². The first kappa shape index (κ1) is 21.5.